The zero-order chi connectivity index (χ0) is 21.4. The van der Waals surface area contributed by atoms with Crippen molar-refractivity contribution in [3.63, 3.8) is 0 Å². The van der Waals surface area contributed by atoms with Gasteiger partial charge in [0.15, 0.2) is 0 Å². The Bertz CT molecular complexity index is 1020. The molecule has 0 atom stereocenters. The van der Waals surface area contributed by atoms with E-state index in [1.165, 1.54) is 0 Å². The molecule has 160 valence electrons. The van der Waals surface area contributed by atoms with E-state index in [-0.39, 0.29) is 36.4 Å². The van der Waals surface area contributed by atoms with Crippen molar-refractivity contribution in [1.82, 2.24) is 9.80 Å². The highest BCUT2D eigenvalue weighted by Gasteiger charge is 2.47. The Kier molecular flexibility index (Phi) is 4.88. The first-order valence-corrected chi connectivity index (χ1v) is 10.6. The van der Waals surface area contributed by atoms with E-state index in [2.05, 4.69) is 0 Å². The fraction of sp³-hybridized carbons (Fsp3) is 0.375. The third-order valence-corrected chi connectivity index (χ3v) is 6.50. The van der Waals surface area contributed by atoms with Crippen molar-refractivity contribution in [1.29, 1.82) is 0 Å². The molecule has 2 saturated heterocycles. The average Bonchev–Trinajstić information content (AvgIpc) is 3.15. The van der Waals surface area contributed by atoms with Crippen molar-refractivity contribution in [2.75, 3.05) is 26.2 Å². The molecule has 0 aliphatic carbocycles. The Hall–Kier alpha value is -3.35. The van der Waals surface area contributed by atoms with Gasteiger partial charge >= 0.3 is 12.1 Å². The Morgan fingerprint density at radius 3 is 2.48 bits per heavy atom. The third kappa shape index (κ3) is 3.87. The Balaban J connectivity index is 1.11. The number of amides is 2. The molecule has 5 rings (SSSR count). The maximum Gasteiger partial charge on any atom is 0.410 e. The zero-order valence-electron chi connectivity index (χ0n) is 17.2. The van der Waals surface area contributed by atoms with E-state index in [0.29, 0.717) is 37.5 Å². The second-order valence-electron chi connectivity index (χ2n) is 8.66. The first-order chi connectivity index (χ1) is 15.0. The molecule has 3 aliphatic heterocycles. The lowest BCUT2D eigenvalue weighted by atomic mass is 9.72. The fourth-order valence-electron chi connectivity index (χ4n) is 4.62. The Labute approximate surface area is 180 Å². The molecule has 7 heteroatoms. The number of rotatable bonds is 3. The van der Waals surface area contributed by atoms with E-state index in [4.69, 9.17) is 9.47 Å². The summed E-state index contributed by atoms with van der Waals surface area (Å²) in [6.45, 7) is 2.94. The summed E-state index contributed by atoms with van der Waals surface area (Å²) < 4.78 is 10.6. The highest BCUT2D eigenvalue weighted by Crippen LogP contribution is 2.41. The minimum atomic E-state index is -0.281. The summed E-state index contributed by atoms with van der Waals surface area (Å²) in [7, 11) is 0. The lowest BCUT2D eigenvalue weighted by Gasteiger charge is -2.53. The van der Waals surface area contributed by atoms with E-state index in [1.807, 2.05) is 35.2 Å². The van der Waals surface area contributed by atoms with Crippen LogP contribution >= 0.6 is 0 Å². The minimum Gasteiger partial charge on any atom is -0.445 e. The number of benzene rings is 2. The number of ether oxygens (including phenoxy) is 2. The quantitative estimate of drug-likeness (QED) is 0.564. The molecule has 7 nitrogen and oxygen atoms in total. The second-order valence-corrected chi connectivity index (χ2v) is 8.66. The molecular weight excluding hydrogens is 396 g/mol. The number of carbonyl (C=O) groups is 3. The Morgan fingerprint density at radius 2 is 1.74 bits per heavy atom. The summed E-state index contributed by atoms with van der Waals surface area (Å²) in [6, 6.07) is 14.9. The van der Waals surface area contributed by atoms with E-state index in [0.717, 1.165) is 24.0 Å². The maximum absolute atomic E-state index is 12.8. The molecule has 2 aromatic carbocycles. The van der Waals surface area contributed by atoms with Crippen LogP contribution in [0.25, 0.3) is 0 Å². The maximum atomic E-state index is 12.8. The van der Waals surface area contributed by atoms with Crippen LogP contribution in [0.2, 0.25) is 0 Å². The van der Waals surface area contributed by atoms with Gasteiger partial charge in [-0.25, -0.2) is 4.79 Å². The first kappa shape index (κ1) is 19.6. The highest BCUT2D eigenvalue weighted by molar-refractivity contribution is 5.96. The van der Waals surface area contributed by atoms with Gasteiger partial charge < -0.3 is 19.3 Å². The summed E-state index contributed by atoms with van der Waals surface area (Å²) in [4.78, 5) is 40.2. The van der Waals surface area contributed by atoms with Crippen molar-refractivity contribution < 1.29 is 23.9 Å². The highest BCUT2D eigenvalue weighted by atomic mass is 16.6. The molecule has 3 heterocycles. The smallest absolute Gasteiger partial charge is 0.410 e. The monoisotopic (exact) mass is 420 g/mol. The number of carbonyl (C=O) groups excluding carboxylic acids is 3. The van der Waals surface area contributed by atoms with Crippen LogP contribution in [-0.2, 0) is 22.6 Å². The third-order valence-electron chi connectivity index (χ3n) is 6.50. The van der Waals surface area contributed by atoms with Gasteiger partial charge in [-0.05, 0) is 30.5 Å². The second kappa shape index (κ2) is 7.72. The number of likely N-dealkylation sites (tertiary alicyclic amines) is 2. The van der Waals surface area contributed by atoms with Crippen LogP contribution in [0.4, 0.5) is 4.79 Å². The number of hydrogen-bond donors (Lipinski definition) is 0. The van der Waals surface area contributed by atoms with Crippen LogP contribution in [0, 0.1) is 5.41 Å². The van der Waals surface area contributed by atoms with Gasteiger partial charge in [0, 0.05) is 42.7 Å². The fourth-order valence-corrected chi connectivity index (χ4v) is 4.62. The standard InChI is InChI=1S/C24H24N2O5/c27-21-13-18-6-7-19(12-20(18)31-21)22(28)26-15-24(16-26)8-10-25(11-9-24)23(29)30-14-17-4-2-1-3-5-17/h1-7,12H,8-11,13-16H2. The lowest BCUT2D eigenvalue weighted by Crippen LogP contribution is -2.62. The van der Waals surface area contributed by atoms with Gasteiger partial charge in [-0.3, -0.25) is 9.59 Å². The molecule has 0 unspecified atom stereocenters. The topological polar surface area (TPSA) is 76.2 Å². The summed E-state index contributed by atoms with van der Waals surface area (Å²) in [5, 5.41) is 0. The molecule has 0 bridgehead atoms. The lowest BCUT2D eigenvalue weighted by molar-refractivity contribution is -0.131. The van der Waals surface area contributed by atoms with Crippen molar-refractivity contribution >= 4 is 18.0 Å². The van der Waals surface area contributed by atoms with E-state index < -0.39 is 0 Å². The van der Waals surface area contributed by atoms with E-state index in [9.17, 15) is 14.4 Å². The number of nitrogens with zero attached hydrogens (tertiary/aromatic N) is 2. The van der Waals surface area contributed by atoms with Gasteiger partial charge in [0.25, 0.3) is 5.91 Å². The molecule has 1 spiro atoms. The van der Waals surface area contributed by atoms with Crippen LogP contribution in [0.15, 0.2) is 48.5 Å². The molecule has 0 N–H and O–H groups in total. The van der Waals surface area contributed by atoms with Gasteiger partial charge in [0.1, 0.15) is 12.4 Å². The molecule has 2 amide bonds. The average molecular weight is 420 g/mol. The number of esters is 1. The van der Waals surface area contributed by atoms with Crippen molar-refractivity contribution in [3.8, 4) is 5.75 Å². The molecule has 2 aromatic rings. The molecule has 3 aliphatic rings. The molecule has 2 fully saturated rings. The van der Waals surface area contributed by atoms with Crippen LogP contribution in [0.1, 0.15) is 34.3 Å². The van der Waals surface area contributed by atoms with Gasteiger partial charge in [-0.1, -0.05) is 36.4 Å². The van der Waals surface area contributed by atoms with Crippen LogP contribution in [0.3, 0.4) is 0 Å². The van der Waals surface area contributed by atoms with Gasteiger partial charge in [-0.2, -0.15) is 0 Å². The molecule has 0 aromatic heterocycles. The Morgan fingerprint density at radius 1 is 1.00 bits per heavy atom. The molecule has 0 radical (unpaired) electrons. The van der Waals surface area contributed by atoms with Crippen LogP contribution < -0.4 is 4.74 Å². The SMILES string of the molecule is O=C1Cc2ccc(C(=O)N3CC4(CCN(C(=O)OCc5ccccc5)CC4)C3)cc2O1. The predicted molar refractivity (Wildman–Crippen MR) is 112 cm³/mol. The zero-order valence-corrected chi connectivity index (χ0v) is 17.2. The van der Waals surface area contributed by atoms with Crippen molar-refractivity contribution in [3.05, 3.63) is 65.2 Å². The normalized spacial score (nSPS) is 18.9. The largest absolute Gasteiger partial charge is 0.445 e. The number of hydrogen-bond acceptors (Lipinski definition) is 5. The molecular formula is C24H24N2O5. The molecule has 31 heavy (non-hydrogen) atoms. The van der Waals surface area contributed by atoms with Gasteiger partial charge in [0.05, 0.1) is 6.42 Å². The van der Waals surface area contributed by atoms with E-state index >= 15 is 0 Å². The summed E-state index contributed by atoms with van der Waals surface area (Å²) in [5.41, 5.74) is 2.42. The van der Waals surface area contributed by atoms with Gasteiger partial charge in [-0.15, -0.1) is 0 Å². The predicted octanol–water partition coefficient (Wildman–Crippen LogP) is 3.02. The summed E-state index contributed by atoms with van der Waals surface area (Å²) >= 11 is 0. The van der Waals surface area contributed by atoms with Crippen molar-refractivity contribution in [2.45, 2.75) is 25.9 Å². The van der Waals surface area contributed by atoms with E-state index in [1.54, 1.807) is 23.1 Å². The van der Waals surface area contributed by atoms with Crippen LogP contribution in [0.5, 0.6) is 5.75 Å². The van der Waals surface area contributed by atoms with Crippen LogP contribution in [-0.4, -0.2) is 53.9 Å². The van der Waals surface area contributed by atoms with Crippen molar-refractivity contribution in [2.24, 2.45) is 5.41 Å². The molecule has 0 saturated carbocycles. The van der Waals surface area contributed by atoms with Gasteiger partial charge in [0.2, 0.25) is 0 Å². The first-order valence-electron chi connectivity index (χ1n) is 10.6. The summed E-state index contributed by atoms with van der Waals surface area (Å²) in [5.74, 6) is 0.172. The number of fused-ring (bicyclic) bond motifs is 1. The number of piperidine rings is 1. The summed E-state index contributed by atoms with van der Waals surface area (Å²) in [6.07, 6.45) is 1.71. The minimum absolute atomic E-state index is 0.0407.